The van der Waals surface area contributed by atoms with Crippen molar-refractivity contribution in [3.05, 3.63) is 28.3 Å². The molecule has 0 aliphatic carbocycles. The van der Waals surface area contributed by atoms with Gasteiger partial charge in [-0.3, -0.25) is 9.59 Å². The van der Waals surface area contributed by atoms with Crippen LogP contribution in [0.3, 0.4) is 0 Å². The summed E-state index contributed by atoms with van der Waals surface area (Å²) in [4.78, 5) is 34.1. The van der Waals surface area contributed by atoms with Crippen LogP contribution in [-0.2, 0) is 22.4 Å². The quantitative estimate of drug-likeness (QED) is 0.376. The molecule has 2 N–H and O–H groups in total. The smallest absolute Gasteiger partial charge is 0.265 e. The van der Waals surface area contributed by atoms with Gasteiger partial charge in [0.15, 0.2) is 0 Å². The number of nitriles is 1. The molecule has 0 saturated carbocycles. The zero-order chi connectivity index (χ0) is 20.5. The summed E-state index contributed by atoms with van der Waals surface area (Å²) in [6.07, 6.45) is 11.4. The molecule has 0 radical (unpaired) electrons. The molecule has 1 fully saturated rings. The second kappa shape index (κ2) is 10.6. The summed E-state index contributed by atoms with van der Waals surface area (Å²) < 4.78 is 0. The lowest BCUT2D eigenvalue weighted by Crippen LogP contribution is -2.31. The monoisotopic (exact) mass is 399 g/mol. The fraction of sp³-hybridized carbons (Fsp3) is 0.500. The number of H-pyrrole nitrogens is 1. The predicted molar refractivity (Wildman–Crippen MR) is 109 cm³/mol. The van der Waals surface area contributed by atoms with Crippen LogP contribution in [0.5, 0.6) is 0 Å². The summed E-state index contributed by atoms with van der Waals surface area (Å²) in [6.45, 7) is 4.39. The number of nitrogens with zero attached hydrogens (tertiary/aromatic N) is 3. The van der Waals surface area contributed by atoms with E-state index >= 15 is 0 Å². The van der Waals surface area contributed by atoms with E-state index < -0.39 is 5.91 Å². The molecule has 148 valence electrons. The fourth-order valence-corrected chi connectivity index (χ4v) is 4.24. The summed E-state index contributed by atoms with van der Waals surface area (Å²) in [6, 6.07) is 1.92. The molecule has 1 aliphatic heterocycles. The molecule has 1 aromatic rings. The summed E-state index contributed by atoms with van der Waals surface area (Å²) >= 11 is 1.27. The molecule has 8 heteroatoms. The van der Waals surface area contributed by atoms with Crippen LogP contribution < -0.4 is 5.32 Å². The Hall–Kier alpha value is -2.71. The van der Waals surface area contributed by atoms with E-state index in [2.05, 4.69) is 28.1 Å². The Bertz CT molecular complexity index is 830. The average molecular weight is 400 g/mol. The summed E-state index contributed by atoms with van der Waals surface area (Å²) in [7, 11) is 0. The Labute approximate surface area is 170 Å². The van der Waals surface area contributed by atoms with E-state index in [1.165, 1.54) is 16.7 Å². The van der Waals surface area contributed by atoms with Crippen LogP contribution in [0.4, 0.5) is 0 Å². The first-order valence-electron chi connectivity index (χ1n) is 9.42. The minimum atomic E-state index is -0.552. The Morgan fingerprint density at radius 1 is 1.46 bits per heavy atom. The van der Waals surface area contributed by atoms with E-state index in [1.54, 1.807) is 0 Å². The second-order valence-corrected chi connectivity index (χ2v) is 7.56. The lowest BCUT2D eigenvalue weighted by molar-refractivity contribution is -0.127. The first kappa shape index (κ1) is 21.6. The number of unbranched alkanes of at least 4 members (excludes halogenated alkanes) is 1. The minimum Gasteiger partial charge on any atom is -0.346 e. The van der Waals surface area contributed by atoms with Crippen LogP contribution in [0.1, 0.15) is 44.6 Å². The van der Waals surface area contributed by atoms with Gasteiger partial charge >= 0.3 is 0 Å². The largest absolute Gasteiger partial charge is 0.346 e. The van der Waals surface area contributed by atoms with Gasteiger partial charge in [0.1, 0.15) is 22.5 Å². The first-order valence-corrected chi connectivity index (χ1v) is 10.3. The van der Waals surface area contributed by atoms with Crippen LogP contribution in [0, 0.1) is 23.7 Å². The number of hydrogen-bond acceptors (Lipinski definition) is 5. The van der Waals surface area contributed by atoms with Gasteiger partial charge in [0.25, 0.3) is 5.91 Å². The van der Waals surface area contributed by atoms with Crippen molar-refractivity contribution in [1.82, 2.24) is 20.2 Å². The van der Waals surface area contributed by atoms with Gasteiger partial charge in [-0.1, -0.05) is 31.0 Å². The van der Waals surface area contributed by atoms with Crippen molar-refractivity contribution >= 4 is 23.6 Å². The molecular weight excluding hydrogens is 374 g/mol. The van der Waals surface area contributed by atoms with Crippen molar-refractivity contribution in [3.8, 4) is 18.4 Å². The number of rotatable bonds is 9. The normalized spacial score (nSPS) is 17.9. The number of amides is 2. The highest BCUT2D eigenvalue weighted by Crippen LogP contribution is 2.39. The highest BCUT2D eigenvalue weighted by molar-refractivity contribution is 8.04. The number of aromatic nitrogens is 2. The number of nitrogens with one attached hydrogen (secondary N) is 2. The van der Waals surface area contributed by atoms with Crippen LogP contribution in [0.2, 0.25) is 0 Å². The van der Waals surface area contributed by atoms with Crippen LogP contribution in [0.15, 0.2) is 16.8 Å². The highest BCUT2D eigenvalue weighted by Gasteiger charge is 2.38. The van der Waals surface area contributed by atoms with E-state index in [9.17, 15) is 14.9 Å². The second-order valence-electron chi connectivity index (χ2n) is 6.37. The molecule has 1 saturated heterocycles. The number of carbonyl (C=O) groups excluding carboxylic acids is 2. The maximum atomic E-state index is 12.7. The summed E-state index contributed by atoms with van der Waals surface area (Å²) in [5.41, 5.74) is 0.925. The van der Waals surface area contributed by atoms with Crippen molar-refractivity contribution < 1.29 is 9.59 Å². The van der Waals surface area contributed by atoms with Gasteiger partial charge in [-0.2, -0.15) is 5.26 Å². The van der Waals surface area contributed by atoms with E-state index in [4.69, 9.17) is 6.42 Å². The summed E-state index contributed by atoms with van der Waals surface area (Å²) in [5.74, 6) is 2.64. The van der Waals surface area contributed by atoms with Crippen molar-refractivity contribution in [2.45, 2.75) is 51.2 Å². The lowest BCUT2D eigenvalue weighted by atomic mass is 10.2. The van der Waals surface area contributed by atoms with Crippen LogP contribution in [0.25, 0.3) is 0 Å². The third-order valence-corrected chi connectivity index (χ3v) is 5.75. The SMILES string of the molecule is C#CCNC(=O)/C(C#N)=C1\SC(CCc2cnc(CCCC)[nH]2)C(=O)N1CC. The maximum absolute atomic E-state index is 12.7. The third-order valence-electron chi connectivity index (χ3n) is 4.38. The molecule has 1 aliphatic rings. The average Bonchev–Trinajstić information content (AvgIpc) is 3.27. The first-order chi connectivity index (χ1) is 13.5. The molecule has 0 bridgehead atoms. The molecule has 2 amide bonds. The van der Waals surface area contributed by atoms with Gasteiger partial charge in [0.2, 0.25) is 5.91 Å². The number of hydrogen-bond donors (Lipinski definition) is 2. The molecule has 0 spiro atoms. The molecule has 2 rings (SSSR count). The molecule has 0 aromatic carbocycles. The number of aryl methyl sites for hydroxylation is 2. The van der Waals surface area contributed by atoms with Gasteiger partial charge in [-0.25, -0.2) is 4.98 Å². The predicted octanol–water partition coefficient (Wildman–Crippen LogP) is 2.13. The zero-order valence-electron chi connectivity index (χ0n) is 16.2. The highest BCUT2D eigenvalue weighted by atomic mass is 32.2. The van der Waals surface area contributed by atoms with Crippen LogP contribution >= 0.6 is 11.8 Å². The van der Waals surface area contributed by atoms with Crippen molar-refractivity contribution in [1.29, 1.82) is 5.26 Å². The molecule has 1 aromatic heterocycles. The van der Waals surface area contributed by atoms with Gasteiger partial charge in [-0.05, 0) is 26.2 Å². The molecular formula is C20H25N5O2S. The molecule has 28 heavy (non-hydrogen) atoms. The Morgan fingerprint density at radius 2 is 2.25 bits per heavy atom. The fourth-order valence-electron chi connectivity index (χ4n) is 2.90. The van der Waals surface area contributed by atoms with Gasteiger partial charge in [-0.15, -0.1) is 6.42 Å². The van der Waals surface area contributed by atoms with Gasteiger partial charge in [0.05, 0.1) is 11.8 Å². The van der Waals surface area contributed by atoms with Crippen molar-refractivity contribution in [2.24, 2.45) is 0 Å². The van der Waals surface area contributed by atoms with Gasteiger partial charge < -0.3 is 15.2 Å². The number of terminal acetylenes is 1. The lowest BCUT2D eigenvalue weighted by Gasteiger charge is -2.15. The van der Waals surface area contributed by atoms with Crippen molar-refractivity contribution in [3.63, 3.8) is 0 Å². The number of carbonyl (C=O) groups is 2. The van der Waals surface area contributed by atoms with Crippen molar-refractivity contribution in [2.75, 3.05) is 13.1 Å². The number of imidazole rings is 1. The Balaban J connectivity index is 2.09. The number of aromatic amines is 1. The van der Waals surface area contributed by atoms with E-state index in [1.807, 2.05) is 19.2 Å². The van der Waals surface area contributed by atoms with Gasteiger partial charge in [0, 0.05) is 24.9 Å². The topological polar surface area (TPSA) is 102 Å². The van der Waals surface area contributed by atoms with E-state index in [0.717, 1.165) is 30.8 Å². The van der Waals surface area contributed by atoms with Crippen LogP contribution in [-0.4, -0.2) is 45.0 Å². The maximum Gasteiger partial charge on any atom is 0.265 e. The molecule has 1 atom stereocenters. The Kier molecular flexibility index (Phi) is 8.16. The number of thioether (sulfide) groups is 1. The zero-order valence-corrected chi connectivity index (χ0v) is 17.1. The summed E-state index contributed by atoms with van der Waals surface area (Å²) in [5, 5.41) is 12.0. The minimum absolute atomic E-state index is 0.0334. The standard InChI is InChI=1S/C20H25N5O2S/c1-4-7-8-17-23-13-14(24-17)9-10-16-19(27)25(6-3)20(28-16)15(12-21)18(26)22-11-5-2/h2,13,16H,4,6-11H2,1,3H3,(H,22,26)(H,23,24)/b20-15-. The Morgan fingerprint density at radius 3 is 2.89 bits per heavy atom. The molecule has 7 nitrogen and oxygen atoms in total. The van der Waals surface area contributed by atoms with E-state index in [-0.39, 0.29) is 23.3 Å². The molecule has 1 unspecified atom stereocenters. The van der Waals surface area contributed by atoms with E-state index in [0.29, 0.717) is 24.4 Å². The third kappa shape index (κ3) is 5.17. The molecule has 2 heterocycles.